The number of nitrogen functional groups attached to an aromatic ring is 1. The first kappa shape index (κ1) is 10.2. The average Bonchev–Trinajstić information content (AvgIpc) is 2.09. The Morgan fingerprint density at radius 3 is 3.00 bits per heavy atom. The predicted octanol–water partition coefficient (Wildman–Crippen LogP) is 2.13. The smallest absolute Gasteiger partial charge is 0.130 e. The Hall–Kier alpha value is -0.870. The molecular weight excluding hydrogens is 232 g/mol. The van der Waals surface area contributed by atoms with Crippen LogP contribution in [0.5, 0.6) is 0 Å². The summed E-state index contributed by atoms with van der Waals surface area (Å²) in [4.78, 5) is 4.04. The molecule has 4 heteroatoms. The van der Waals surface area contributed by atoms with Crippen LogP contribution in [0.15, 0.2) is 29.4 Å². The van der Waals surface area contributed by atoms with Gasteiger partial charge in [0.15, 0.2) is 0 Å². The van der Waals surface area contributed by atoms with Crippen LogP contribution in [0.1, 0.15) is 5.56 Å². The molecule has 0 saturated carbocycles. The summed E-state index contributed by atoms with van der Waals surface area (Å²) in [5.74, 6) is 0.499. The predicted molar refractivity (Wildman–Crippen MR) is 56.2 cm³/mol. The first-order valence-corrected chi connectivity index (χ1v) is 4.63. The number of pyridine rings is 1. The Balaban J connectivity index is 2.61. The second-order valence-electron chi connectivity index (χ2n) is 2.48. The van der Waals surface area contributed by atoms with Crippen molar-refractivity contribution in [2.75, 3.05) is 12.3 Å². The Morgan fingerprint density at radius 2 is 2.38 bits per heavy atom. The van der Waals surface area contributed by atoms with E-state index in [2.05, 4.69) is 27.5 Å². The Morgan fingerprint density at radius 1 is 1.62 bits per heavy atom. The lowest BCUT2D eigenvalue weighted by molar-refractivity contribution is 0.149. The average molecular weight is 243 g/mol. The molecule has 0 fully saturated rings. The molecule has 0 aromatic carbocycles. The highest BCUT2D eigenvalue weighted by Gasteiger charge is 2.00. The van der Waals surface area contributed by atoms with Gasteiger partial charge in [0.2, 0.25) is 0 Å². The molecule has 0 radical (unpaired) electrons. The van der Waals surface area contributed by atoms with Crippen LogP contribution in [0.4, 0.5) is 5.82 Å². The number of halogens is 1. The lowest BCUT2D eigenvalue weighted by Crippen LogP contribution is -2.00. The molecule has 0 aliphatic heterocycles. The molecule has 1 heterocycles. The van der Waals surface area contributed by atoms with Crippen LogP contribution < -0.4 is 5.73 Å². The number of nitrogens with zero attached hydrogens (tertiary/aromatic N) is 1. The maximum atomic E-state index is 5.66. The highest BCUT2D eigenvalue weighted by Crippen LogP contribution is 2.14. The van der Waals surface area contributed by atoms with E-state index in [1.807, 2.05) is 12.1 Å². The van der Waals surface area contributed by atoms with E-state index in [9.17, 15) is 0 Å². The zero-order valence-electron chi connectivity index (χ0n) is 7.16. The van der Waals surface area contributed by atoms with E-state index in [4.69, 9.17) is 10.5 Å². The van der Waals surface area contributed by atoms with Gasteiger partial charge in [-0.25, -0.2) is 4.98 Å². The fraction of sp³-hybridized carbons (Fsp3) is 0.222. The Kier molecular flexibility index (Phi) is 3.92. The number of ether oxygens (including phenoxy) is 1. The molecule has 0 amide bonds. The maximum absolute atomic E-state index is 5.66. The van der Waals surface area contributed by atoms with Gasteiger partial charge in [0.05, 0.1) is 13.2 Å². The van der Waals surface area contributed by atoms with E-state index < -0.39 is 0 Å². The molecule has 0 bridgehead atoms. The topological polar surface area (TPSA) is 48.1 Å². The summed E-state index contributed by atoms with van der Waals surface area (Å²) >= 11 is 3.23. The van der Waals surface area contributed by atoms with E-state index >= 15 is 0 Å². The quantitative estimate of drug-likeness (QED) is 0.500. The van der Waals surface area contributed by atoms with E-state index in [0.717, 1.165) is 10.2 Å². The lowest BCUT2D eigenvalue weighted by Gasteiger charge is -2.04. The van der Waals surface area contributed by atoms with Gasteiger partial charge in [-0.1, -0.05) is 12.1 Å². The number of anilines is 1. The Bertz CT molecular complexity index is 302. The van der Waals surface area contributed by atoms with E-state index in [1.165, 1.54) is 0 Å². The third kappa shape index (κ3) is 3.16. The molecule has 0 unspecified atom stereocenters. The van der Waals surface area contributed by atoms with Crippen LogP contribution in [0.2, 0.25) is 0 Å². The largest absolute Gasteiger partial charge is 0.383 e. The van der Waals surface area contributed by atoms with Gasteiger partial charge < -0.3 is 10.5 Å². The van der Waals surface area contributed by atoms with Crippen molar-refractivity contribution in [2.45, 2.75) is 6.61 Å². The first-order chi connectivity index (χ1) is 6.24. The summed E-state index contributed by atoms with van der Waals surface area (Å²) in [6, 6.07) is 3.72. The monoisotopic (exact) mass is 242 g/mol. The lowest BCUT2D eigenvalue weighted by atomic mass is 10.3. The van der Waals surface area contributed by atoms with Crippen LogP contribution >= 0.6 is 15.9 Å². The van der Waals surface area contributed by atoms with Gasteiger partial charge in [0, 0.05) is 5.56 Å². The summed E-state index contributed by atoms with van der Waals surface area (Å²) in [6.07, 6.45) is 1.70. The highest BCUT2D eigenvalue weighted by molar-refractivity contribution is 9.10. The third-order valence-electron chi connectivity index (χ3n) is 1.47. The zero-order valence-corrected chi connectivity index (χ0v) is 8.75. The molecule has 0 aliphatic rings. The SMILES string of the molecule is C=CCOCc1ccc(Br)nc1N. The molecule has 3 nitrogen and oxygen atoms in total. The number of nitrogens with two attached hydrogens (primary N) is 1. The minimum Gasteiger partial charge on any atom is -0.383 e. The number of rotatable bonds is 4. The number of hydrogen-bond donors (Lipinski definition) is 1. The molecule has 0 atom stereocenters. The van der Waals surface area contributed by atoms with Crippen molar-refractivity contribution < 1.29 is 4.74 Å². The molecule has 2 N–H and O–H groups in total. The fourth-order valence-corrected chi connectivity index (χ4v) is 1.18. The van der Waals surface area contributed by atoms with Gasteiger partial charge in [-0.15, -0.1) is 6.58 Å². The number of hydrogen-bond acceptors (Lipinski definition) is 3. The van der Waals surface area contributed by atoms with Gasteiger partial charge in [0.25, 0.3) is 0 Å². The van der Waals surface area contributed by atoms with Crippen molar-refractivity contribution in [3.63, 3.8) is 0 Å². The minimum absolute atomic E-state index is 0.470. The van der Waals surface area contributed by atoms with Gasteiger partial charge in [-0.3, -0.25) is 0 Å². The van der Waals surface area contributed by atoms with Gasteiger partial charge >= 0.3 is 0 Å². The third-order valence-corrected chi connectivity index (χ3v) is 1.91. The Labute approximate surface area is 85.7 Å². The van der Waals surface area contributed by atoms with Gasteiger partial charge in [0.1, 0.15) is 10.4 Å². The van der Waals surface area contributed by atoms with Crippen molar-refractivity contribution in [1.82, 2.24) is 4.98 Å². The first-order valence-electron chi connectivity index (χ1n) is 3.83. The fourth-order valence-electron chi connectivity index (χ4n) is 0.853. The van der Waals surface area contributed by atoms with Crippen molar-refractivity contribution in [3.05, 3.63) is 35.0 Å². The second-order valence-corrected chi connectivity index (χ2v) is 3.29. The summed E-state index contributed by atoms with van der Waals surface area (Å²) in [6.45, 7) is 4.54. The van der Waals surface area contributed by atoms with E-state index in [-0.39, 0.29) is 0 Å². The molecule has 13 heavy (non-hydrogen) atoms. The summed E-state index contributed by atoms with van der Waals surface area (Å²) in [7, 11) is 0. The summed E-state index contributed by atoms with van der Waals surface area (Å²) in [5.41, 5.74) is 6.55. The minimum atomic E-state index is 0.470. The summed E-state index contributed by atoms with van der Waals surface area (Å²) in [5, 5.41) is 0. The van der Waals surface area contributed by atoms with Crippen molar-refractivity contribution in [1.29, 1.82) is 0 Å². The zero-order chi connectivity index (χ0) is 9.68. The van der Waals surface area contributed by atoms with Crippen LogP contribution in [-0.2, 0) is 11.3 Å². The van der Waals surface area contributed by atoms with E-state index in [1.54, 1.807) is 6.08 Å². The molecule has 0 saturated heterocycles. The maximum Gasteiger partial charge on any atom is 0.130 e. The van der Waals surface area contributed by atoms with Crippen LogP contribution in [-0.4, -0.2) is 11.6 Å². The molecular formula is C9H11BrN2O. The van der Waals surface area contributed by atoms with Crippen molar-refractivity contribution in [2.24, 2.45) is 0 Å². The van der Waals surface area contributed by atoms with Crippen LogP contribution in [0, 0.1) is 0 Å². The second kappa shape index (κ2) is 4.99. The normalized spacial score (nSPS) is 9.92. The molecule has 1 aromatic rings. The van der Waals surface area contributed by atoms with Gasteiger partial charge in [-0.05, 0) is 22.0 Å². The highest BCUT2D eigenvalue weighted by atomic mass is 79.9. The van der Waals surface area contributed by atoms with Crippen molar-refractivity contribution in [3.8, 4) is 0 Å². The number of aromatic nitrogens is 1. The molecule has 1 rings (SSSR count). The van der Waals surface area contributed by atoms with Crippen LogP contribution in [0.25, 0.3) is 0 Å². The molecule has 1 aromatic heterocycles. The molecule has 0 aliphatic carbocycles. The van der Waals surface area contributed by atoms with Crippen LogP contribution in [0.3, 0.4) is 0 Å². The van der Waals surface area contributed by atoms with E-state index in [0.29, 0.717) is 19.0 Å². The molecule has 70 valence electrons. The standard InChI is InChI=1S/C9H11BrN2O/c1-2-5-13-6-7-3-4-8(10)12-9(7)11/h2-4H,1,5-6H2,(H2,11,12). The van der Waals surface area contributed by atoms with Crippen molar-refractivity contribution >= 4 is 21.7 Å². The molecule has 0 spiro atoms. The van der Waals surface area contributed by atoms with Gasteiger partial charge in [-0.2, -0.15) is 0 Å². The summed E-state index contributed by atoms with van der Waals surface area (Å²) < 4.78 is 5.97.